The van der Waals surface area contributed by atoms with E-state index in [0.29, 0.717) is 11.3 Å². The molecule has 20 heavy (non-hydrogen) atoms. The highest BCUT2D eigenvalue weighted by Crippen LogP contribution is 2.17. The first kappa shape index (κ1) is 14.1. The van der Waals surface area contributed by atoms with Crippen molar-refractivity contribution < 1.29 is 9.59 Å². The highest BCUT2D eigenvalue weighted by Gasteiger charge is 2.18. The second-order valence-electron chi connectivity index (χ2n) is 4.96. The number of hydrogen-bond donors (Lipinski definition) is 2. The van der Waals surface area contributed by atoms with Crippen LogP contribution in [-0.2, 0) is 9.59 Å². The van der Waals surface area contributed by atoms with Crippen molar-refractivity contribution in [1.29, 1.82) is 5.26 Å². The standard InChI is InChI=1S/C15H17N3O2/c16-10-11-5-7-13(8-6-11)18-15(20)9-14(19)17-12-3-1-2-4-12/h5-8,12H,1-4,9H2,(H,17,19)(H,18,20). The number of rotatable bonds is 4. The van der Waals surface area contributed by atoms with Gasteiger partial charge in [-0.3, -0.25) is 9.59 Å². The van der Waals surface area contributed by atoms with Gasteiger partial charge in [0.15, 0.2) is 0 Å². The Hall–Kier alpha value is -2.35. The molecule has 0 aromatic heterocycles. The smallest absolute Gasteiger partial charge is 0.233 e. The summed E-state index contributed by atoms with van der Waals surface area (Å²) in [5.74, 6) is -0.576. The number of anilines is 1. The maximum absolute atomic E-state index is 11.7. The molecular formula is C15H17N3O2. The monoisotopic (exact) mass is 271 g/mol. The Bertz CT molecular complexity index is 525. The average Bonchev–Trinajstić information content (AvgIpc) is 2.92. The van der Waals surface area contributed by atoms with E-state index in [-0.39, 0.29) is 24.3 Å². The van der Waals surface area contributed by atoms with Crippen molar-refractivity contribution in [2.24, 2.45) is 0 Å². The molecule has 2 rings (SSSR count). The highest BCUT2D eigenvalue weighted by molar-refractivity contribution is 6.03. The Kier molecular flexibility index (Phi) is 4.72. The quantitative estimate of drug-likeness (QED) is 0.821. The predicted molar refractivity (Wildman–Crippen MR) is 74.8 cm³/mol. The summed E-state index contributed by atoms with van der Waals surface area (Å²) in [5, 5.41) is 14.2. The van der Waals surface area contributed by atoms with Gasteiger partial charge in [-0.15, -0.1) is 0 Å². The van der Waals surface area contributed by atoms with Gasteiger partial charge in [-0.25, -0.2) is 0 Å². The van der Waals surface area contributed by atoms with E-state index >= 15 is 0 Å². The van der Waals surface area contributed by atoms with Crippen molar-refractivity contribution in [3.63, 3.8) is 0 Å². The summed E-state index contributed by atoms with van der Waals surface area (Å²) < 4.78 is 0. The fourth-order valence-corrected chi connectivity index (χ4v) is 2.33. The molecule has 0 heterocycles. The molecule has 0 spiro atoms. The number of benzene rings is 1. The van der Waals surface area contributed by atoms with Gasteiger partial charge in [-0.1, -0.05) is 12.8 Å². The van der Waals surface area contributed by atoms with Crippen molar-refractivity contribution in [2.45, 2.75) is 38.1 Å². The second kappa shape index (κ2) is 6.71. The van der Waals surface area contributed by atoms with E-state index in [2.05, 4.69) is 10.6 Å². The van der Waals surface area contributed by atoms with Crippen LogP contribution in [0.5, 0.6) is 0 Å². The van der Waals surface area contributed by atoms with Crippen molar-refractivity contribution >= 4 is 17.5 Å². The minimum absolute atomic E-state index is 0.170. The van der Waals surface area contributed by atoms with Gasteiger partial charge in [0.1, 0.15) is 6.42 Å². The zero-order chi connectivity index (χ0) is 14.4. The van der Waals surface area contributed by atoms with E-state index in [1.54, 1.807) is 24.3 Å². The molecule has 5 heteroatoms. The van der Waals surface area contributed by atoms with Crippen molar-refractivity contribution in [1.82, 2.24) is 5.32 Å². The SMILES string of the molecule is N#Cc1ccc(NC(=O)CC(=O)NC2CCCC2)cc1. The van der Waals surface area contributed by atoms with Crippen LogP contribution in [0.25, 0.3) is 0 Å². The van der Waals surface area contributed by atoms with Gasteiger partial charge in [0, 0.05) is 11.7 Å². The van der Waals surface area contributed by atoms with Crippen LogP contribution in [0.4, 0.5) is 5.69 Å². The van der Waals surface area contributed by atoms with Crippen LogP contribution < -0.4 is 10.6 Å². The summed E-state index contributed by atoms with van der Waals surface area (Å²) in [7, 11) is 0. The Morgan fingerprint density at radius 3 is 2.40 bits per heavy atom. The molecule has 2 amide bonds. The molecule has 0 saturated heterocycles. The molecule has 1 fully saturated rings. The minimum Gasteiger partial charge on any atom is -0.353 e. The summed E-state index contributed by atoms with van der Waals surface area (Å²) in [6.45, 7) is 0. The second-order valence-corrected chi connectivity index (χ2v) is 4.96. The first-order valence-electron chi connectivity index (χ1n) is 6.77. The average molecular weight is 271 g/mol. The van der Waals surface area contributed by atoms with Gasteiger partial charge in [0.2, 0.25) is 11.8 Å². The topological polar surface area (TPSA) is 82.0 Å². The highest BCUT2D eigenvalue weighted by atomic mass is 16.2. The number of nitrogens with one attached hydrogen (secondary N) is 2. The maximum Gasteiger partial charge on any atom is 0.233 e. The first-order chi connectivity index (χ1) is 9.67. The fraction of sp³-hybridized carbons (Fsp3) is 0.400. The van der Waals surface area contributed by atoms with E-state index < -0.39 is 0 Å². The molecule has 104 valence electrons. The van der Waals surface area contributed by atoms with Gasteiger partial charge in [0.05, 0.1) is 11.6 Å². The summed E-state index contributed by atoms with van der Waals surface area (Å²) in [4.78, 5) is 23.4. The number of nitrogens with zero attached hydrogens (tertiary/aromatic N) is 1. The van der Waals surface area contributed by atoms with Crippen LogP contribution in [0, 0.1) is 11.3 Å². The van der Waals surface area contributed by atoms with Gasteiger partial charge < -0.3 is 10.6 Å². The largest absolute Gasteiger partial charge is 0.353 e. The van der Waals surface area contributed by atoms with E-state index in [0.717, 1.165) is 25.7 Å². The number of carbonyl (C=O) groups is 2. The zero-order valence-electron chi connectivity index (χ0n) is 11.2. The summed E-state index contributed by atoms with van der Waals surface area (Å²) >= 11 is 0. The first-order valence-corrected chi connectivity index (χ1v) is 6.77. The van der Waals surface area contributed by atoms with E-state index in [1.807, 2.05) is 6.07 Å². The van der Waals surface area contributed by atoms with Gasteiger partial charge >= 0.3 is 0 Å². The lowest BCUT2D eigenvalue weighted by Gasteiger charge is -2.11. The molecule has 0 atom stereocenters. The molecule has 1 aliphatic rings. The van der Waals surface area contributed by atoms with Crippen LogP contribution in [0.3, 0.4) is 0 Å². The number of carbonyl (C=O) groups excluding carboxylic acids is 2. The molecule has 2 N–H and O–H groups in total. The molecule has 0 bridgehead atoms. The normalized spacial score (nSPS) is 14.6. The van der Waals surface area contributed by atoms with Crippen LogP contribution in [-0.4, -0.2) is 17.9 Å². The molecule has 1 aliphatic carbocycles. The zero-order valence-corrected chi connectivity index (χ0v) is 11.2. The van der Waals surface area contributed by atoms with Crippen LogP contribution in [0.15, 0.2) is 24.3 Å². The lowest BCUT2D eigenvalue weighted by molar-refractivity contribution is -0.127. The lowest BCUT2D eigenvalue weighted by atomic mass is 10.2. The summed E-state index contributed by atoms with van der Waals surface area (Å²) in [6.07, 6.45) is 4.12. The molecule has 0 aliphatic heterocycles. The van der Waals surface area contributed by atoms with Crippen LogP contribution in [0.1, 0.15) is 37.7 Å². The van der Waals surface area contributed by atoms with Crippen molar-refractivity contribution in [3.8, 4) is 6.07 Å². The number of amides is 2. The third-order valence-corrected chi connectivity index (χ3v) is 3.34. The molecule has 1 aromatic carbocycles. The molecule has 5 nitrogen and oxygen atoms in total. The Morgan fingerprint density at radius 2 is 1.80 bits per heavy atom. The maximum atomic E-state index is 11.7. The summed E-state index contributed by atoms with van der Waals surface area (Å²) in [5.41, 5.74) is 1.12. The lowest BCUT2D eigenvalue weighted by Crippen LogP contribution is -2.34. The molecule has 0 unspecified atom stereocenters. The Morgan fingerprint density at radius 1 is 1.15 bits per heavy atom. The molecule has 1 saturated carbocycles. The predicted octanol–water partition coefficient (Wildman–Crippen LogP) is 1.95. The van der Waals surface area contributed by atoms with E-state index in [9.17, 15) is 9.59 Å². The molecule has 0 radical (unpaired) electrons. The van der Waals surface area contributed by atoms with Crippen LogP contribution >= 0.6 is 0 Å². The minimum atomic E-state index is -0.342. The number of nitriles is 1. The third kappa shape index (κ3) is 4.09. The Balaban J connectivity index is 1.79. The Labute approximate surface area is 118 Å². The molecular weight excluding hydrogens is 254 g/mol. The molecule has 1 aromatic rings. The third-order valence-electron chi connectivity index (χ3n) is 3.34. The fourth-order valence-electron chi connectivity index (χ4n) is 2.33. The van der Waals surface area contributed by atoms with Gasteiger partial charge in [-0.2, -0.15) is 5.26 Å². The van der Waals surface area contributed by atoms with E-state index in [4.69, 9.17) is 5.26 Å². The summed E-state index contributed by atoms with van der Waals surface area (Å²) in [6, 6.07) is 8.76. The van der Waals surface area contributed by atoms with Crippen LogP contribution in [0.2, 0.25) is 0 Å². The van der Waals surface area contributed by atoms with Gasteiger partial charge in [-0.05, 0) is 37.1 Å². The van der Waals surface area contributed by atoms with Crippen molar-refractivity contribution in [2.75, 3.05) is 5.32 Å². The van der Waals surface area contributed by atoms with Crippen molar-refractivity contribution in [3.05, 3.63) is 29.8 Å². The number of hydrogen-bond acceptors (Lipinski definition) is 3. The van der Waals surface area contributed by atoms with Gasteiger partial charge in [0.25, 0.3) is 0 Å². The van der Waals surface area contributed by atoms with E-state index in [1.165, 1.54) is 0 Å².